The normalized spacial score (nSPS) is 7.14. The summed E-state index contributed by atoms with van der Waals surface area (Å²) in [6.45, 7) is 3.67. The number of hydrogen-bond donors (Lipinski definition) is 0. The molecule has 0 unspecified atom stereocenters. The quantitative estimate of drug-likeness (QED) is 0.429. The van der Waals surface area contributed by atoms with Gasteiger partial charge >= 0.3 is 0 Å². The summed E-state index contributed by atoms with van der Waals surface area (Å²) >= 11 is 3.00. The lowest BCUT2D eigenvalue weighted by atomic mass is 10.3. The second-order valence-corrected chi connectivity index (χ2v) is 1.62. The second kappa shape index (κ2) is 6.04. The van der Waals surface area contributed by atoms with Crippen LogP contribution in [0.4, 0.5) is 0 Å². The van der Waals surface area contributed by atoms with E-state index in [1.807, 2.05) is 0 Å². The van der Waals surface area contributed by atoms with Gasteiger partial charge in [0.05, 0.1) is 0 Å². The molecule has 0 spiro atoms. The minimum atomic E-state index is 0.967. The topological polar surface area (TPSA) is 0 Å². The minimum absolute atomic E-state index is 0.967. The Morgan fingerprint density at radius 1 is 1.57 bits per heavy atom. The molecule has 0 aliphatic carbocycles. The van der Waals surface area contributed by atoms with Crippen LogP contribution in [0.15, 0.2) is 0 Å². The molecule has 0 aliphatic heterocycles. The third kappa shape index (κ3) is 6.04. The Balaban J connectivity index is 2.78. The summed E-state index contributed by atoms with van der Waals surface area (Å²) in [7, 11) is 0. The Hall–Kier alpha value is 0.0400. The van der Waals surface area contributed by atoms with Gasteiger partial charge in [0, 0.05) is 22.4 Å². The molecule has 1 heteroatoms. The standard InChI is InChI=1S/C6H8Br/c1-2-3-4-5-6-7/h1-4H2. The van der Waals surface area contributed by atoms with Crippen molar-refractivity contribution in [3.8, 4) is 10.8 Å². The molecule has 0 aromatic heterocycles. The zero-order chi connectivity index (χ0) is 5.54. The molecular weight excluding hydrogens is 152 g/mol. The van der Waals surface area contributed by atoms with E-state index < -0.39 is 0 Å². The first-order chi connectivity index (χ1) is 3.41. The van der Waals surface area contributed by atoms with Gasteiger partial charge in [-0.2, -0.15) is 0 Å². The van der Waals surface area contributed by atoms with E-state index in [1.54, 1.807) is 0 Å². The largest absolute Gasteiger partial charge is 0.0908 e. The summed E-state index contributed by atoms with van der Waals surface area (Å²) in [6, 6.07) is 0. The Morgan fingerprint density at radius 3 is 2.71 bits per heavy atom. The first kappa shape index (κ1) is 7.04. The van der Waals surface area contributed by atoms with Gasteiger partial charge in [-0.15, -0.1) is 0 Å². The monoisotopic (exact) mass is 159 g/mol. The van der Waals surface area contributed by atoms with Crippen LogP contribution in [0.25, 0.3) is 0 Å². The smallest absolute Gasteiger partial charge is 0.0106 e. The molecule has 0 saturated carbocycles. The van der Waals surface area contributed by atoms with Crippen LogP contribution in [0.3, 0.4) is 0 Å². The zero-order valence-electron chi connectivity index (χ0n) is 4.21. The Kier molecular flexibility index (Phi) is 6.07. The van der Waals surface area contributed by atoms with Gasteiger partial charge in [0.2, 0.25) is 0 Å². The first-order valence-electron chi connectivity index (χ1n) is 2.29. The van der Waals surface area contributed by atoms with Gasteiger partial charge < -0.3 is 0 Å². The average molecular weight is 160 g/mol. The predicted octanol–water partition coefficient (Wildman–Crippen LogP) is 2.35. The third-order valence-corrected chi connectivity index (χ3v) is 0.899. The molecule has 39 valence electrons. The zero-order valence-corrected chi connectivity index (χ0v) is 5.79. The molecule has 0 amide bonds. The second-order valence-electron chi connectivity index (χ2n) is 1.23. The van der Waals surface area contributed by atoms with E-state index in [0.29, 0.717) is 0 Å². The molecule has 0 aliphatic rings. The molecule has 0 nitrogen and oxygen atoms in total. The molecule has 0 atom stereocenters. The van der Waals surface area contributed by atoms with Gasteiger partial charge in [-0.3, -0.25) is 0 Å². The van der Waals surface area contributed by atoms with Gasteiger partial charge in [0.1, 0.15) is 0 Å². The summed E-state index contributed by atoms with van der Waals surface area (Å²) in [5.41, 5.74) is 0. The van der Waals surface area contributed by atoms with E-state index in [9.17, 15) is 0 Å². The maximum absolute atomic E-state index is 3.67. The Bertz CT molecular complexity index is 75.9. The molecule has 0 fully saturated rings. The first-order valence-corrected chi connectivity index (χ1v) is 3.09. The van der Waals surface area contributed by atoms with Crippen LogP contribution in [-0.2, 0) is 0 Å². The fourth-order valence-corrected chi connectivity index (χ4v) is 0.459. The van der Waals surface area contributed by atoms with Crippen molar-refractivity contribution in [1.29, 1.82) is 0 Å². The molecule has 1 radical (unpaired) electrons. The van der Waals surface area contributed by atoms with E-state index in [2.05, 4.69) is 33.6 Å². The van der Waals surface area contributed by atoms with Gasteiger partial charge in [-0.1, -0.05) is 19.3 Å². The highest BCUT2D eigenvalue weighted by Gasteiger charge is 1.73. The molecular formula is C6H8Br. The lowest BCUT2D eigenvalue weighted by Gasteiger charge is -1.80. The van der Waals surface area contributed by atoms with Crippen LogP contribution in [-0.4, -0.2) is 0 Å². The van der Waals surface area contributed by atoms with Crippen LogP contribution in [0.1, 0.15) is 19.3 Å². The van der Waals surface area contributed by atoms with Crippen molar-refractivity contribution in [2.45, 2.75) is 19.3 Å². The molecule has 0 bridgehead atoms. The molecule has 0 N–H and O–H groups in total. The highest BCUT2D eigenvalue weighted by Crippen LogP contribution is 1.90. The Morgan fingerprint density at radius 2 is 2.29 bits per heavy atom. The van der Waals surface area contributed by atoms with Crippen LogP contribution in [0.5, 0.6) is 0 Å². The molecule has 0 heterocycles. The molecule has 0 saturated heterocycles. The molecule has 0 aromatic carbocycles. The van der Waals surface area contributed by atoms with Crippen molar-refractivity contribution >= 4 is 15.9 Å². The Labute approximate surface area is 53.4 Å². The van der Waals surface area contributed by atoms with Gasteiger partial charge in [-0.05, 0) is 11.3 Å². The van der Waals surface area contributed by atoms with E-state index >= 15 is 0 Å². The van der Waals surface area contributed by atoms with Gasteiger partial charge in [0.25, 0.3) is 0 Å². The average Bonchev–Trinajstić information content (AvgIpc) is 1.69. The van der Waals surface area contributed by atoms with Crippen LogP contribution in [0, 0.1) is 17.7 Å². The van der Waals surface area contributed by atoms with Crippen molar-refractivity contribution in [3.05, 3.63) is 6.92 Å². The highest BCUT2D eigenvalue weighted by molar-refractivity contribution is 9.12. The lowest BCUT2D eigenvalue weighted by molar-refractivity contribution is 0.883. The van der Waals surface area contributed by atoms with Crippen molar-refractivity contribution < 1.29 is 0 Å². The third-order valence-electron chi connectivity index (χ3n) is 0.619. The number of hydrogen-bond acceptors (Lipinski definition) is 0. The predicted molar refractivity (Wildman–Crippen MR) is 35.9 cm³/mol. The maximum Gasteiger partial charge on any atom is 0.0106 e. The highest BCUT2D eigenvalue weighted by atomic mass is 79.9. The maximum atomic E-state index is 3.67. The SMILES string of the molecule is [CH2]CCCC#CBr. The summed E-state index contributed by atoms with van der Waals surface area (Å²) in [5.74, 6) is 2.88. The minimum Gasteiger partial charge on any atom is -0.0908 e. The summed E-state index contributed by atoms with van der Waals surface area (Å²) in [6.07, 6.45) is 3.06. The van der Waals surface area contributed by atoms with Crippen LogP contribution in [0.2, 0.25) is 0 Å². The van der Waals surface area contributed by atoms with E-state index in [4.69, 9.17) is 0 Å². The lowest BCUT2D eigenvalue weighted by Crippen LogP contribution is -1.64. The van der Waals surface area contributed by atoms with E-state index in [1.165, 1.54) is 0 Å². The molecule has 0 rings (SSSR count). The summed E-state index contributed by atoms with van der Waals surface area (Å²) in [4.78, 5) is 2.64. The fraction of sp³-hybridized carbons (Fsp3) is 0.500. The summed E-state index contributed by atoms with van der Waals surface area (Å²) < 4.78 is 0. The van der Waals surface area contributed by atoms with Crippen LogP contribution < -0.4 is 0 Å². The van der Waals surface area contributed by atoms with Crippen LogP contribution >= 0.6 is 15.9 Å². The number of unbranched alkanes of at least 4 members (excludes halogenated alkanes) is 2. The number of halogens is 1. The van der Waals surface area contributed by atoms with E-state index in [-0.39, 0.29) is 0 Å². The molecule has 0 aromatic rings. The van der Waals surface area contributed by atoms with Crippen molar-refractivity contribution in [1.82, 2.24) is 0 Å². The van der Waals surface area contributed by atoms with E-state index in [0.717, 1.165) is 19.3 Å². The molecule has 7 heavy (non-hydrogen) atoms. The fourth-order valence-electron chi connectivity index (χ4n) is 0.261. The van der Waals surface area contributed by atoms with Crippen molar-refractivity contribution in [2.75, 3.05) is 0 Å². The summed E-state index contributed by atoms with van der Waals surface area (Å²) in [5, 5.41) is 0. The van der Waals surface area contributed by atoms with Crippen molar-refractivity contribution in [2.24, 2.45) is 0 Å². The van der Waals surface area contributed by atoms with Gasteiger partial charge in [0.15, 0.2) is 0 Å². The van der Waals surface area contributed by atoms with Gasteiger partial charge in [-0.25, -0.2) is 0 Å². The number of rotatable bonds is 2. The van der Waals surface area contributed by atoms with Crippen molar-refractivity contribution in [3.63, 3.8) is 0 Å².